The molecule has 2 heteroatoms. The zero-order valence-corrected chi connectivity index (χ0v) is 14.6. The molecular weight excluding hydrogens is 270 g/mol. The minimum absolute atomic E-state index is 0.205. The lowest BCUT2D eigenvalue weighted by Crippen LogP contribution is -2.59. The molecule has 0 aromatic heterocycles. The van der Waals surface area contributed by atoms with E-state index >= 15 is 0 Å². The Hall–Kier alpha value is -0.790. The van der Waals surface area contributed by atoms with Crippen molar-refractivity contribution in [3.8, 4) is 0 Å². The summed E-state index contributed by atoms with van der Waals surface area (Å²) in [5.74, 6) is 3.69. The number of nitrogens with zero attached hydrogens (tertiary/aromatic N) is 1. The van der Waals surface area contributed by atoms with E-state index in [1.807, 2.05) is 18.0 Å². The quantitative estimate of drug-likeness (QED) is 0.654. The standard InChI is InChI=1S/C20H31NO/c1-13-5-7-15-14-6-8-17-20(3,12-10-18(22)21(17)4)16(14)9-11-19(13,15)2/h10,12-17H,5-9,11H2,1-4H3. The van der Waals surface area contributed by atoms with Crippen molar-refractivity contribution in [1.29, 1.82) is 0 Å². The van der Waals surface area contributed by atoms with Crippen LogP contribution in [0.5, 0.6) is 0 Å². The fourth-order valence-electron chi connectivity index (χ4n) is 7.00. The Morgan fingerprint density at radius 3 is 2.64 bits per heavy atom. The van der Waals surface area contributed by atoms with E-state index in [0.29, 0.717) is 11.5 Å². The van der Waals surface area contributed by atoms with Crippen LogP contribution < -0.4 is 0 Å². The Morgan fingerprint density at radius 2 is 1.86 bits per heavy atom. The van der Waals surface area contributed by atoms with Crippen LogP contribution in [0.15, 0.2) is 12.2 Å². The molecule has 1 heterocycles. The van der Waals surface area contributed by atoms with Gasteiger partial charge in [-0.2, -0.15) is 0 Å². The Bertz CT molecular complexity index is 526. The number of fused-ring (bicyclic) bond motifs is 5. The van der Waals surface area contributed by atoms with Crippen molar-refractivity contribution in [2.24, 2.45) is 34.5 Å². The molecule has 0 radical (unpaired) electrons. The maximum absolute atomic E-state index is 12.1. The molecule has 0 spiro atoms. The van der Waals surface area contributed by atoms with Gasteiger partial charge in [0.1, 0.15) is 0 Å². The van der Waals surface area contributed by atoms with Gasteiger partial charge in [0.05, 0.1) is 0 Å². The van der Waals surface area contributed by atoms with Crippen molar-refractivity contribution < 1.29 is 4.79 Å². The normalized spacial score (nSPS) is 53.9. The molecular formula is C20H31NO. The number of rotatable bonds is 0. The summed E-state index contributed by atoms with van der Waals surface area (Å²) in [6.45, 7) is 7.50. The van der Waals surface area contributed by atoms with Gasteiger partial charge in [0.15, 0.2) is 0 Å². The fourth-order valence-corrected chi connectivity index (χ4v) is 7.00. The van der Waals surface area contributed by atoms with Crippen LogP contribution in [0.1, 0.15) is 59.3 Å². The predicted molar refractivity (Wildman–Crippen MR) is 89.2 cm³/mol. The third-order valence-corrected chi connectivity index (χ3v) is 8.60. The number of hydrogen-bond acceptors (Lipinski definition) is 1. The SMILES string of the molecule is CC1CCC2C3CCC4N(C)C(=O)C=CC4(C)C3CCC12C. The molecule has 7 unspecified atom stereocenters. The van der Waals surface area contributed by atoms with Crippen LogP contribution in [-0.2, 0) is 4.79 Å². The van der Waals surface area contributed by atoms with Gasteiger partial charge in [0.2, 0.25) is 5.91 Å². The number of carbonyl (C=O) groups excluding carboxylic acids is 1. The van der Waals surface area contributed by atoms with Crippen LogP contribution in [-0.4, -0.2) is 23.9 Å². The van der Waals surface area contributed by atoms with Crippen molar-refractivity contribution >= 4 is 5.91 Å². The third-order valence-electron chi connectivity index (χ3n) is 8.60. The van der Waals surface area contributed by atoms with E-state index < -0.39 is 0 Å². The van der Waals surface area contributed by atoms with Gasteiger partial charge >= 0.3 is 0 Å². The predicted octanol–water partition coefficient (Wildman–Crippen LogP) is 4.26. The molecule has 0 aromatic carbocycles. The van der Waals surface area contributed by atoms with E-state index in [1.54, 1.807) is 0 Å². The smallest absolute Gasteiger partial charge is 0.246 e. The van der Waals surface area contributed by atoms with Gasteiger partial charge in [0, 0.05) is 18.5 Å². The van der Waals surface area contributed by atoms with Crippen LogP contribution in [0.4, 0.5) is 0 Å². The maximum atomic E-state index is 12.1. The molecule has 0 aromatic rings. The minimum Gasteiger partial charge on any atom is -0.338 e. The third kappa shape index (κ3) is 1.70. The summed E-state index contributed by atoms with van der Waals surface area (Å²) in [6.07, 6.45) is 12.3. The topological polar surface area (TPSA) is 20.3 Å². The Kier molecular flexibility index (Phi) is 3.10. The molecule has 1 amide bonds. The van der Waals surface area contributed by atoms with Gasteiger partial charge in [-0.25, -0.2) is 0 Å². The van der Waals surface area contributed by atoms with Crippen molar-refractivity contribution in [1.82, 2.24) is 4.90 Å². The van der Waals surface area contributed by atoms with Crippen molar-refractivity contribution in [3.05, 3.63) is 12.2 Å². The van der Waals surface area contributed by atoms with E-state index in [1.165, 1.54) is 38.5 Å². The Balaban J connectivity index is 1.70. The summed E-state index contributed by atoms with van der Waals surface area (Å²) in [7, 11) is 2.01. The van der Waals surface area contributed by atoms with Crippen LogP contribution >= 0.6 is 0 Å². The highest BCUT2D eigenvalue weighted by Gasteiger charge is 2.59. The molecule has 4 rings (SSSR count). The van der Waals surface area contributed by atoms with Crippen LogP contribution in [0.3, 0.4) is 0 Å². The maximum Gasteiger partial charge on any atom is 0.246 e. The Labute approximate surface area is 135 Å². The first-order valence-corrected chi connectivity index (χ1v) is 9.34. The van der Waals surface area contributed by atoms with Crippen LogP contribution in [0.25, 0.3) is 0 Å². The summed E-state index contributed by atoms with van der Waals surface area (Å²) in [4.78, 5) is 14.1. The molecule has 2 nitrogen and oxygen atoms in total. The Morgan fingerprint density at radius 1 is 1.09 bits per heavy atom. The summed E-state index contributed by atoms with van der Waals surface area (Å²) >= 11 is 0. The number of likely N-dealkylation sites (N-methyl/N-ethyl adjacent to an activating group) is 1. The van der Waals surface area contributed by atoms with Crippen LogP contribution in [0, 0.1) is 34.5 Å². The number of carbonyl (C=O) groups is 1. The molecule has 0 saturated heterocycles. The molecule has 22 heavy (non-hydrogen) atoms. The lowest BCUT2D eigenvalue weighted by molar-refractivity contribution is -0.138. The zero-order chi connectivity index (χ0) is 15.7. The summed E-state index contributed by atoms with van der Waals surface area (Å²) in [5.41, 5.74) is 0.795. The zero-order valence-electron chi connectivity index (χ0n) is 14.6. The van der Waals surface area contributed by atoms with Gasteiger partial charge in [-0.1, -0.05) is 26.8 Å². The van der Waals surface area contributed by atoms with E-state index in [2.05, 4.69) is 26.8 Å². The fraction of sp³-hybridized carbons (Fsp3) is 0.850. The van der Waals surface area contributed by atoms with Gasteiger partial charge in [0.25, 0.3) is 0 Å². The first-order valence-electron chi connectivity index (χ1n) is 9.34. The second-order valence-corrected chi connectivity index (χ2v) is 9.14. The monoisotopic (exact) mass is 301 g/mol. The van der Waals surface area contributed by atoms with Gasteiger partial charge < -0.3 is 4.90 Å². The van der Waals surface area contributed by atoms with E-state index in [-0.39, 0.29) is 11.3 Å². The molecule has 0 N–H and O–H groups in total. The molecule has 122 valence electrons. The summed E-state index contributed by atoms with van der Waals surface area (Å²) in [5, 5.41) is 0. The van der Waals surface area contributed by atoms with E-state index in [4.69, 9.17) is 0 Å². The molecule has 7 atom stereocenters. The number of amides is 1. The van der Waals surface area contributed by atoms with Crippen molar-refractivity contribution in [2.45, 2.75) is 65.3 Å². The lowest BCUT2D eigenvalue weighted by atomic mass is 9.48. The van der Waals surface area contributed by atoms with Crippen molar-refractivity contribution in [2.75, 3.05) is 7.05 Å². The van der Waals surface area contributed by atoms with Gasteiger partial charge in [-0.15, -0.1) is 0 Å². The lowest BCUT2D eigenvalue weighted by Gasteiger charge is -2.60. The first-order chi connectivity index (χ1) is 10.4. The molecule has 3 saturated carbocycles. The second-order valence-electron chi connectivity index (χ2n) is 9.14. The highest BCUT2D eigenvalue weighted by molar-refractivity contribution is 5.89. The first kappa shape index (κ1) is 14.8. The van der Waals surface area contributed by atoms with Gasteiger partial charge in [-0.05, 0) is 73.7 Å². The molecule has 1 aliphatic heterocycles. The average molecular weight is 301 g/mol. The molecule has 0 bridgehead atoms. The van der Waals surface area contributed by atoms with Crippen LogP contribution in [0.2, 0.25) is 0 Å². The summed E-state index contributed by atoms with van der Waals surface area (Å²) < 4.78 is 0. The minimum atomic E-state index is 0.205. The van der Waals surface area contributed by atoms with E-state index in [9.17, 15) is 4.79 Å². The van der Waals surface area contributed by atoms with E-state index in [0.717, 1.165) is 23.7 Å². The number of hydrogen-bond donors (Lipinski definition) is 0. The molecule has 3 aliphatic carbocycles. The molecule has 4 aliphatic rings. The highest BCUT2D eigenvalue weighted by atomic mass is 16.2. The van der Waals surface area contributed by atoms with Crippen molar-refractivity contribution in [3.63, 3.8) is 0 Å². The highest BCUT2D eigenvalue weighted by Crippen LogP contribution is 2.65. The van der Waals surface area contributed by atoms with Gasteiger partial charge in [-0.3, -0.25) is 4.79 Å². The summed E-state index contributed by atoms with van der Waals surface area (Å²) in [6, 6.07) is 0.425. The average Bonchev–Trinajstić information content (AvgIpc) is 2.79. The largest absolute Gasteiger partial charge is 0.338 e. The second kappa shape index (κ2) is 4.61. The molecule has 3 fully saturated rings.